The number of sulfonamides is 1. The molecule has 1 aromatic heterocycles. The Labute approximate surface area is 129 Å². The van der Waals surface area contributed by atoms with E-state index in [4.69, 9.17) is 4.74 Å². The Kier molecular flexibility index (Phi) is 4.11. The van der Waals surface area contributed by atoms with Crippen LogP contribution in [-0.4, -0.2) is 78.1 Å². The molecule has 2 saturated heterocycles. The lowest BCUT2D eigenvalue weighted by atomic mass is 10.0. The molecule has 3 rings (SSSR count). The molecule has 0 radical (unpaired) electrons. The van der Waals surface area contributed by atoms with Gasteiger partial charge in [-0.2, -0.15) is 4.31 Å². The van der Waals surface area contributed by atoms with Crippen LogP contribution in [0, 0.1) is 0 Å². The van der Waals surface area contributed by atoms with Crippen LogP contribution in [-0.2, 0) is 14.8 Å². The van der Waals surface area contributed by atoms with Crippen LogP contribution in [0.2, 0.25) is 0 Å². The van der Waals surface area contributed by atoms with Crippen LogP contribution >= 0.6 is 0 Å². The van der Waals surface area contributed by atoms with Crippen molar-refractivity contribution in [3.05, 3.63) is 24.3 Å². The van der Waals surface area contributed by atoms with Crippen molar-refractivity contribution in [2.75, 3.05) is 32.5 Å². The average molecular weight is 326 g/mol. The van der Waals surface area contributed by atoms with Crippen LogP contribution in [0.3, 0.4) is 0 Å². The summed E-state index contributed by atoms with van der Waals surface area (Å²) < 4.78 is 31.0. The van der Waals surface area contributed by atoms with Crippen molar-refractivity contribution >= 4 is 15.9 Å². The largest absolute Gasteiger partial charge is 0.375 e. The van der Waals surface area contributed by atoms with Crippen LogP contribution in [0.4, 0.5) is 0 Å². The van der Waals surface area contributed by atoms with Gasteiger partial charge in [0.15, 0.2) is 0 Å². The summed E-state index contributed by atoms with van der Waals surface area (Å²) in [6, 6.07) is -0.335. The van der Waals surface area contributed by atoms with Gasteiger partial charge in [-0.3, -0.25) is 9.78 Å². The third kappa shape index (κ3) is 2.96. The maximum Gasteiger partial charge on any atom is 0.274 e. The zero-order valence-corrected chi connectivity index (χ0v) is 13.1. The fourth-order valence-electron chi connectivity index (χ4n) is 3.01. The molecule has 3 heterocycles. The number of carbonyl (C=O) groups is 1. The van der Waals surface area contributed by atoms with Gasteiger partial charge >= 0.3 is 0 Å². The van der Waals surface area contributed by atoms with Crippen molar-refractivity contribution in [1.82, 2.24) is 19.2 Å². The molecule has 1 aromatic rings. The number of fused-ring (bicyclic) bond motifs is 1. The van der Waals surface area contributed by atoms with Gasteiger partial charge in [0.2, 0.25) is 10.0 Å². The number of aromatic nitrogens is 2. The lowest BCUT2D eigenvalue weighted by molar-refractivity contribution is -0.0705. The zero-order chi connectivity index (χ0) is 15.7. The summed E-state index contributed by atoms with van der Waals surface area (Å²) in [5.74, 6) is -0.231. The van der Waals surface area contributed by atoms with E-state index in [1.807, 2.05) is 0 Å². The standard InChI is InChI=1S/C13H18N4O4S/c1-22(19,20)17-6-7-21-12-2-5-16(9-11(12)17)13(18)10-8-14-3-4-15-10/h3-4,8,11-12H,2,5-7,9H2,1H3/t11-,12-/m1/s1. The predicted octanol–water partition coefficient (Wildman–Crippen LogP) is -0.648. The minimum absolute atomic E-state index is 0.158. The Bertz CT molecular complexity index is 651. The molecular formula is C13H18N4O4S. The molecular weight excluding hydrogens is 308 g/mol. The second-order valence-corrected chi connectivity index (χ2v) is 7.42. The van der Waals surface area contributed by atoms with Crippen molar-refractivity contribution in [3.63, 3.8) is 0 Å². The maximum absolute atomic E-state index is 12.4. The number of hydrogen-bond donors (Lipinski definition) is 0. The van der Waals surface area contributed by atoms with Gasteiger partial charge in [0.05, 0.1) is 31.2 Å². The molecule has 0 unspecified atom stereocenters. The third-order valence-electron chi connectivity index (χ3n) is 4.03. The molecule has 0 bridgehead atoms. The first kappa shape index (κ1) is 15.3. The van der Waals surface area contributed by atoms with E-state index in [-0.39, 0.29) is 23.7 Å². The van der Waals surface area contributed by atoms with Crippen LogP contribution in [0.15, 0.2) is 18.6 Å². The van der Waals surface area contributed by atoms with E-state index in [9.17, 15) is 13.2 Å². The highest BCUT2D eigenvalue weighted by atomic mass is 32.2. The fraction of sp³-hybridized carbons (Fsp3) is 0.615. The first-order chi connectivity index (χ1) is 10.5. The smallest absolute Gasteiger partial charge is 0.274 e. The van der Waals surface area contributed by atoms with Gasteiger partial charge in [0, 0.05) is 32.0 Å². The summed E-state index contributed by atoms with van der Waals surface area (Å²) in [5.41, 5.74) is 0.267. The van der Waals surface area contributed by atoms with Gasteiger partial charge < -0.3 is 9.64 Å². The molecule has 8 nitrogen and oxygen atoms in total. The Morgan fingerprint density at radius 2 is 2.18 bits per heavy atom. The second kappa shape index (κ2) is 5.90. The summed E-state index contributed by atoms with van der Waals surface area (Å²) in [6.45, 7) is 1.56. The molecule has 0 saturated carbocycles. The fourth-order valence-corrected chi connectivity index (χ4v) is 4.11. The summed E-state index contributed by atoms with van der Waals surface area (Å²) in [7, 11) is -3.32. The van der Waals surface area contributed by atoms with Gasteiger partial charge in [0.1, 0.15) is 5.69 Å². The Morgan fingerprint density at radius 3 is 2.86 bits per heavy atom. The molecule has 22 heavy (non-hydrogen) atoms. The molecule has 2 aliphatic heterocycles. The molecule has 0 N–H and O–H groups in total. The van der Waals surface area contributed by atoms with Gasteiger partial charge in [-0.05, 0) is 6.42 Å². The summed E-state index contributed by atoms with van der Waals surface area (Å²) in [4.78, 5) is 22.0. The summed E-state index contributed by atoms with van der Waals surface area (Å²) >= 11 is 0. The third-order valence-corrected chi connectivity index (χ3v) is 5.33. The Morgan fingerprint density at radius 1 is 1.36 bits per heavy atom. The molecule has 2 fully saturated rings. The number of piperidine rings is 1. The van der Waals surface area contributed by atoms with E-state index in [2.05, 4.69) is 9.97 Å². The minimum Gasteiger partial charge on any atom is -0.375 e. The molecule has 1 amide bonds. The number of nitrogens with zero attached hydrogens (tertiary/aromatic N) is 4. The summed E-state index contributed by atoms with van der Waals surface area (Å²) in [5, 5.41) is 0. The molecule has 2 atom stereocenters. The quantitative estimate of drug-likeness (QED) is 0.717. The number of morpholine rings is 1. The van der Waals surface area contributed by atoms with Gasteiger partial charge in [-0.15, -0.1) is 0 Å². The van der Waals surface area contributed by atoms with Crippen LogP contribution in [0.25, 0.3) is 0 Å². The normalized spacial score (nSPS) is 26.5. The number of amides is 1. The van der Waals surface area contributed by atoms with Crippen molar-refractivity contribution in [2.24, 2.45) is 0 Å². The number of ether oxygens (including phenoxy) is 1. The topological polar surface area (TPSA) is 92.7 Å². The van der Waals surface area contributed by atoms with Crippen molar-refractivity contribution in [3.8, 4) is 0 Å². The lowest BCUT2D eigenvalue weighted by Gasteiger charge is -2.45. The maximum atomic E-state index is 12.4. The first-order valence-electron chi connectivity index (χ1n) is 7.10. The number of likely N-dealkylation sites (tertiary alicyclic amines) is 1. The highest BCUT2D eigenvalue weighted by Gasteiger charge is 2.42. The molecule has 0 spiro atoms. The van der Waals surface area contributed by atoms with Gasteiger partial charge in [0.25, 0.3) is 5.91 Å². The van der Waals surface area contributed by atoms with E-state index in [1.54, 1.807) is 4.90 Å². The minimum atomic E-state index is -3.32. The molecule has 120 valence electrons. The van der Waals surface area contributed by atoms with Gasteiger partial charge in [-0.25, -0.2) is 13.4 Å². The van der Waals surface area contributed by atoms with E-state index < -0.39 is 10.0 Å². The molecule has 9 heteroatoms. The van der Waals surface area contributed by atoms with Crippen molar-refractivity contribution < 1.29 is 17.9 Å². The monoisotopic (exact) mass is 326 g/mol. The van der Waals surface area contributed by atoms with E-state index >= 15 is 0 Å². The van der Waals surface area contributed by atoms with Crippen LogP contribution < -0.4 is 0 Å². The van der Waals surface area contributed by atoms with Gasteiger partial charge in [-0.1, -0.05) is 0 Å². The first-order valence-corrected chi connectivity index (χ1v) is 8.95. The molecule has 0 aliphatic carbocycles. The van der Waals surface area contributed by atoms with Crippen LogP contribution in [0.5, 0.6) is 0 Å². The highest BCUT2D eigenvalue weighted by molar-refractivity contribution is 7.88. The zero-order valence-electron chi connectivity index (χ0n) is 12.3. The second-order valence-electron chi connectivity index (χ2n) is 5.48. The Hall–Kier alpha value is -1.58. The lowest BCUT2D eigenvalue weighted by Crippen LogP contribution is -2.61. The van der Waals surface area contributed by atoms with E-state index in [0.717, 1.165) is 0 Å². The van der Waals surface area contributed by atoms with E-state index in [1.165, 1.54) is 29.2 Å². The SMILES string of the molecule is CS(=O)(=O)N1CCO[C@@H]2CCN(C(=O)c3cnccn3)C[C@H]21. The number of hydrogen-bond acceptors (Lipinski definition) is 6. The Balaban J connectivity index is 1.79. The van der Waals surface area contributed by atoms with Crippen LogP contribution in [0.1, 0.15) is 16.9 Å². The molecule has 2 aliphatic rings. The number of rotatable bonds is 2. The number of carbonyl (C=O) groups excluding carboxylic acids is 1. The molecule has 0 aromatic carbocycles. The van der Waals surface area contributed by atoms with Crippen molar-refractivity contribution in [1.29, 1.82) is 0 Å². The average Bonchev–Trinajstić information content (AvgIpc) is 2.53. The highest BCUT2D eigenvalue weighted by Crippen LogP contribution is 2.25. The van der Waals surface area contributed by atoms with Crippen molar-refractivity contribution in [2.45, 2.75) is 18.6 Å². The summed E-state index contributed by atoms with van der Waals surface area (Å²) in [6.07, 6.45) is 6.03. The predicted molar refractivity (Wildman–Crippen MR) is 77.6 cm³/mol. The van der Waals surface area contributed by atoms with E-state index in [0.29, 0.717) is 32.7 Å².